The molecular weight excluding hydrogens is 263 g/mol. The van der Waals surface area contributed by atoms with Crippen LogP contribution in [0.25, 0.3) is 0 Å². The van der Waals surface area contributed by atoms with Crippen LogP contribution in [-0.4, -0.2) is 19.8 Å². The number of rotatable bonds is 12. The van der Waals surface area contributed by atoms with Gasteiger partial charge in [-0.3, -0.25) is 13.6 Å². The second kappa shape index (κ2) is 11.7. The van der Waals surface area contributed by atoms with Crippen molar-refractivity contribution in [2.45, 2.75) is 53.4 Å². The Bertz CT molecular complexity index is 269. The van der Waals surface area contributed by atoms with Crippen LogP contribution in [0, 0.1) is 5.92 Å². The van der Waals surface area contributed by atoms with E-state index in [9.17, 15) is 4.57 Å². The van der Waals surface area contributed by atoms with Crippen LogP contribution in [0.4, 0.5) is 0 Å². The summed E-state index contributed by atoms with van der Waals surface area (Å²) in [6.45, 7) is 8.80. The van der Waals surface area contributed by atoms with Gasteiger partial charge >= 0.3 is 7.82 Å². The van der Waals surface area contributed by atoms with Gasteiger partial charge in [0.1, 0.15) is 0 Å². The van der Waals surface area contributed by atoms with Gasteiger partial charge < -0.3 is 0 Å². The summed E-state index contributed by atoms with van der Waals surface area (Å²) in [6, 6.07) is 0. The highest BCUT2D eigenvalue weighted by molar-refractivity contribution is 7.48. The minimum atomic E-state index is -3.36. The quantitative estimate of drug-likeness (QED) is 0.377. The second-order valence-electron chi connectivity index (χ2n) is 4.32. The van der Waals surface area contributed by atoms with Gasteiger partial charge in [-0.2, -0.15) is 0 Å². The average Bonchev–Trinajstić information content (AvgIpc) is 2.38. The van der Waals surface area contributed by atoms with Gasteiger partial charge in [-0.25, -0.2) is 4.57 Å². The third-order valence-corrected chi connectivity index (χ3v) is 4.38. The van der Waals surface area contributed by atoms with E-state index in [1.54, 1.807) is 13.8 Å². The third kappa shape index (κ3) is 9.39. The Morgan fingerprint density at radius 3 is 2.16 bits per heavy atom. The fraction of sp³-hybridized carbons (Fsp3) is 0.857. The molecule has 0 aromatic carbocycles. The fourth-order valence-electron chi connectivity index (χ4n) is 1.71. The first-order valence-corrected chi connectivity index (χ1v) is 8.78. The molecule has 0 fully saturated rings. The summed E-state index contributed by atoms with van der Waals surface area (Å²) >= 11 is 0. The Morgan fingerprint density at radius 2 is 1.68 bits per heavy atom. The monoisotopic (exact) mass is 292 g/mol. The molecule has 0 spiro atoms. The first-order chi connectivity index (χ1) is 9.11. The van der Waals surface area contributed by atoms with E-state index in [2.05, 4.69) is 19.9 Å². The summed E-state index contributed by atoms with van der Waals surface area (Å²) in [5.41, 5.74) is 0. The maximum Gasteiger partial charge on any atom is 0.475 e. The Hall–Kier alpha value is -0.150. The van der Waals surface area contributed by atoms with Crippen molar-refractivity contribution in [2.75, 3.05) is 19.8 Å². The molecule has 1 unspecified atom stereocenters. The zero-order valence-corrected chi connectivity index (χ0v) is 13.7. The molecular formula is C14H29O4P. The molecule has 19 heavy (non-hydrogen) atoms. The van der Waals surface area contributed by atoms with Crippen LogP contribution in [0.1, 0.15) is 53.4 Å². The van der Waals surface area contributed by atoms with Crippen molar-refractivity contribution in [2.24, 2.45) is 5.92 Å². The molecule has 0 aliphatic rings. The van der Waals surface area contributed by atoms with Gasteiger partial charge in [0.05, 0.1) is 19.8 Å². The Labute approximate surface area is 118 Å². The van der Waals surface area contributed by atoms with Crippen molar-refractivity contribution in [1.29, 1.82) is 0 Å². The number of phosphoric ester groups is 1. The molecule has 0 heterocycles. The Balaban J connectivity index is 4.11. The van der Waals surface area contributed by atoms with E-state index in [4.69, 9.17) is 13.6 Å². The molecule has 0 N–H and O–H groups in total. The summed E-state index contributed by atoms with van der Waals surface area (Å²) in [5.74, 6) is 0.571. The second-order valence-corrected chi connectivity index (χ2v) is 5.99. The molecule has 0 aromatic heterocycles. The number of unbranched alkanes of at least 4 members (excludes halogenated alkanes) is 1. The third-order valence-electron chi connectivity index (χ3n) is 2.76. The first-order valence-electron chi connectivity index (χ1n) is 7.32. The van der Waals surface area contributed by atoms with E-state index in [0.29, 0.717) is 19.1 Å². The molecule has 0 rings (SSSR count). The van der Waals surface area contributed by atoms with Gasteiger partial charge in [0.25, 0.3) is 0 Å². The molecule has 0 aromatic rings. The lowest BCUT2D eigenvalue weighted by Crippen LogP contribution is -2.01. The summed E-state index contributed by atoms with van der Waals surface area (Å²) < 4.78 is 27.3. The standard InChI is InChI=1S/C14H29O4P/c1-5-9-11-14(6-2)12-10-13-18-19(15,16-7-3)17-8-4/h10,12,14H,5-9,11,13H2,1-4H3/b12-10-. The lowest BCUT2D eigenvalue weighted by Gasteiger charge is -2.15. The number of allylic oxidation sites excluding steroid dienone is 1. The number of hydrogen-bond acceptors (Lipinski definition) is 4. The average molecular weight is 292 g/mol. The summed E-state index contributed by atoms with van der Waals surface area (Å²) in [4.78, 5) is 0. The zero-order chi connectivity index (χ0) is 14.6. The summed E-state index contributed by atoms with van der Waals surface area (Å²) in [6.07, 6.45) is 8.81. The van der Waals surface area contributed by atoms with E-state index in [1.165, 1.54) is 19.3 Å². The van der Waals surface area contributed by atoms with Crippen LogP contribution in [0.5, 0.6) is 0 Å². The molecule has 0 aliphatic carbocycles. The molecule has 114 valence electrons. The van der Waals surface area contributed by atoms with Crippen molar-refractivity contribution >= 4 is 7.82 Å². The molecule has 1 atom stereocenters. The molecule has 0 amide bonds. The van der Waals surface area contributed by atoms with E-state index in [0.717, 1.165) is 6.42 Å². The van der Waals surface area contributed by atoms with Crippen LogP contribution >= 0.6 is 7.82 Å². The van der Waals surface area contributed by atoms with Crippen LogP contribution < -0.4 is 0 Å². The van der Waals surface area contributed by atoms with E-state index in [-0.39, 0.29) is 6.61 Å². The SMILES string of the molecule is CCCCC(/C=C\COP(=O)(OCC)OCC)CC. The van der Waals surface area contributed by atoms with Crippen molar-refractivity contribution in [1.82, 2.24) is 0 Å². The highest BCUT2D eigenvalue weighted by Gasteiger charge is 2.24. The van der Waals surface area contributed by atoms with Crippen molar-refractivity contribution in [3.63, 3.8) is 0 Å². The topological polar surface area (TPSA) is 44.8 Å². The molecule has 5 heteroatoms. The Kier molecular flexibility index (Phi) is 11.6. The molecule has 4 nitrogen and oxygen atoms in total. The van der Waals surface area contributed by atoms with Gasteiger partial charge in [0, 0.05) is 0 Å². The number of hydrogen-bond donors (Lipinski definition) is 0. The first kappa shape index (κ1) is 18.9. The summed E-state index contributed by atoms with van der Waals surface area (Å²) in [7, 11) is -3.36. The Morgan fingerprint density at radius 1 is 1.05 bits per heavy atom. The lowest BCUT2D eigenvalue weighted by atomic mass is 9.99. The van der Waals surface area contributed by atoms with E-state index < -0.39 is 7.82 Å². The molecule has 0 saturated carbocycles. The fourth-order valence-corrected chi connectivity index (χ4v) is 2.84. The predicted octanol–water partition coefficient (Wildman–Crippen LogP) is 4.96. The van der Waals surface area contributed by atoms with Gasteiger partial charge in [-0.05, 0) is 32.6 Å². The molecule has 0 bridgehead atoms. The van der Waals surface area contributed by atoms with Crippen LogP contribution in [0.15, 0.2) is 12.2 Å². The van der Waals surface area contributed by atoms with Gasteiger partial charge in [0.2, 0.25) is 0 Å². The van der Waals surface area contributed by atoms with Crippen LogP contribution in [0.2, 0.25) is 0 Å². The van der Waals surface area contributed by atoms with Crippen molar-refractivity contribution in [3.05, 3.63) is 12.2 Å². The molecule has 0 aliphatic heterocycles. The van der Waals surface area contributed by atoms with Crippen molar-refractivity contribution < 1.29 is 18.1 Å². The minimum absolute atomic E-state index is 0.264. The summed E-state index contributed by atoms with van der Waals surface area (Å²) in [5, 5.41) is 0. The van der Waals surface area contributed by atoms with Crippen LogP contribution in [-0.2, 0) is 18.1 Å². The van der Waals surface area contributed by atoms with Gasteiger partial charge in [-0.15, -0.1) is 0 Å². The maximum atomic E-state index is 12.0. The number of phosphoric acid groups is 1. The minimum Gasteiger partial charge on any atom is -0.287 e. The van der Waals surface area contributed by atoms with E-state index >= 15 is 0 Å². The highest BCUT2D eigenvalue weighted by Crippen LogP contribution is 2.49. The normalized spacial score (nSPS) is 14.1. The zero-order valence-electron chi connectivity index (χ0n) is 12.8. The van der Waals surface area contributed by atoms with Gasteiger partial charge in [-0.1, -0.05) is 38.8 Å². The maximum absolute atomic E-state index is 12.0. The largest absolute Gasteiger partial charge is 0.475 e. The molecule has 0 radical (unpaired) electrons. The highest BCUT2D eigenvalue weighted by atomic mass is 31.2. The lowest BCUT2D eigenvalue weighted by molar-refractivity contribution is 0.131. The smallest absolute Gasteiger partial charge is 0.287 e. The van der Waals surface area contributed by atoms with Gasteiger partial charge in [0.15, 0.2) is 0 Å². The van der Waals surface area contributed by atoms with E-state index in [1.807, 2.05) is 6.08 Å². The van der Waals surface area contributed by atoms with Crippen molar-refractivity contribution in [3.8, 4) is 0 Å². The molecule has 0 saturated heterocycles. The predicted molar refractivity (Wildman–Crippen MR) is 79.3 cm³/mol. The van der Waals surface area contributed by atoms with Crippen LogP contribution in [0.3, 0.4) is 0 Å².